The van der Waals surface area contributed by atoms with E-state index in [0.717, 1.165) is 34.1 Å². The van der Waals surface area contributed by atoms with Gasteiger partial charge in [0.1, 0.15) is 11.5 Å². The molecule has 1 heterocycles. The Morgan fingerprint density at radius 3 is 2.67 bits per heavy atom. The molecule has 0 spiro atoms. The fraction of sp³-hybridized carbons (Fsp3) is 0.421. The van der Waals surface area contributed by atoms with Crippen LogP contribution in [0.25, 0.3) is 0 Å². The Kier molecular flexibility index (Phi) is 7.25. The van der Waals surface area contributed by atoms with Crippen LogP contribution in [0.1, 0.15) is 30.2 Å². The minimum absolute atomic E-state index is 0.0599. The van der Waals surface area contributed by atoms with Crippen molar-refractivity contribution in [2.45, 2.75) is 39.0 Å². The summed E-state index contributed by atoms with van der Waals surface area (Å²) in [6, 6.07) is 9.85. The van der Waals surface area contributed by atoms with E-state index in [4.69, 9.17) is 9.15 Å². The predicted octanol–water partition coefficient (Wildman–Crippen LogP) is 4.10. The smallest absolute Gasteiger partial charge is 0.261 e. The molecule has 0 radical (unpaired) electrons. The third kappa shape index (κ3) is 5.96. The first-order valence-corrected chi connectivity index (χ1v) is 9.36. The van der Waals surface area contributed by atoms with E-state index in [1.54, 1.807) is 18.0 Å². The third-order valence-corrected chi connectivity index (χ3v) is 4.49. The van der Waals surface area contributed by atoms with Crippen LogP contribution in [0, 0.1) is 13.8 Å². The molecule has 1 aromatic heterocycles. The molecule has 24 heavy (non-hydrogen) atoms. The lowest BCUT2D eigenvalue weighted by molar-refractivity contribution is -0.127. The van der Waals surface area contributed by atoms with Crippen molar-refractivity contribution in [2.24, 2.45) is 0 Å². The van der Waals surface area contributed by atoms with Crippen molar-refractivity contribution in [1.82, 2.24) is 5.32 Å². The molecule has 2 rings (SSSR count). The van der Waals surface area contributed by atoms with Crippen LogP contribution in [0.4, 0.5) is 0 Å². The van der Waals surface area contributed by atoms with E-state index in [9.17, 15) is 4.79 Å². The van der Waals surface area contributed by atoms with Gasteiger partial charge in [-0.1, -0.05) is 13.0 Å². The zero-order valence-corrected chi connectivity index (χ0v) is 15.3. The minimum atomic E-state index is -0.457. The van der Waals surface area contributed by atoms with Gasteiger partial charge in [0, 0.05) is 12.3 Å². The zero-order valence-electron chi connectivity index (χ0n) is 14.5. The van der Waals surface area contributed by atoms with Gasteiger partial charge in [-0.25, -0.2) is 0 Å². The van der Waals surface area contributed by atoms with Gasteiger partial charge >= 0.3 is 0 Å². The molecule has 1 aromatic carbocycles. The summed E-state index contributed by atoms with van der Waals surface area (Å²) in [5.74, 6) is 3.30. The molecule has 4 nitrogen and oxygen atoms in total. The van der Waals surface area contributed by atoms with Crippen molar-refractivity contribution in [3.05, 3.63) is 53.5 Å². The van der Waals surface area contributed by atoms with Crippen LogP contribution in [0.5, 0.6) is 5.75 Å². The summed E-state index contributed by atoms with van der Waals surface area (Å²) < 4.78 is 11.1. The Balaban J connectivity index is 1.74. The predicted molar refractivity (Wildman–Crippen MR) is 98.5 cm³/mol. The summed E-state index contributed by atoms with van der Waals surface area (Å²) >= 11 is 1.73. The van der Waals surface area contributed by atoms with Crippen molar-refractivity contribution in [3.63, 3.8) is 0 Å². The highest BCUT2D eigenvalue weighted by atomic mass is 32.2. The molecule has 0 saturated carbocycles. The summed E-state index contributed by atoms with van der Waals surface area (Å²) in [4.78, 5) is 12.3. The Labute approximate surface area is 148 Å². The molecule has 0 aliphatic rings. The Morgan fingerprint density at radius 2 is 2.04 bits per heavy atom. The molecule has 5 heteroatoms. The third-order valence-electron chi connectivity index (χ3n) is 3.51. The molecular weight excluding hydrogens is 322 g/mol. The molecule has 130 valence electrons. The van der Waals surface area contributed by atoms with Crippen LogP contribution in [-0.2, 0) is 10.5 Å². The number of carbonyl (C=O) groups is 1. The molecular formula is C19H25NO3S. The maximum absolute atomic E-state index is 12.3. The SMILES string of the molecule is CC[C@@H](Oc1cc(C)cc(C)c1)C(=O)NCCSCc1ccco1. The number of amides is 1. The van der Waals surface area contributed by atoms with Crippen molar-refractivity contribution < 1.29 is 13.9 Å². The standard InChI is InChI=1S/C19H25NO3S/c1-4-18(23-17-11-14(2)10-15(3)12-17)19(21)20-7-9-24-13-16-6-5-8-22-16/h5-6,8,10-12,18H,4,7,9,13H2,1-3H3,(H,20,21)/t18-/m1/s1. The maximum Gasteiger partial charge on any atom is 0.261 e. The van der Waals surface area contributed by atoms with Gasteiger partial charge in [-0.05, 0) is 55.7 Å². The van der Waals surface area contributed by atoms with E-state index in [-0.39, 0.29) is 5.91 Å². The first-order chi connectivity index (χ1) is 11.6. The number of aryl methyl sites for hydroxylation is 2. The summed E-state index contributed by atoms with van der Waals surface area (Å²) in [5.41, 5.74) is 2.27. The number of furan rings is 1. The number of carbonyl (C=O) groups excluding carboxylic acids is 1. The van der Waals surface area contributed by atoms with Gasteiger partial charge < -0.3 is 14.5 Å². The quantitative estimate of drug-likeness (QED) is 0.694. The Bertz CT molecular complexity index is 620. The van der Waals surface area contributed by atoms with Gasteiger partial charge in [0.25, 0.3) is 5.91 Å². The van der Waals surface area contributed by atoms with E-state index in [0.29, 0.717) is 13.0 Å². The van der Waals surface area contributed by atoms with E-state index >= 15 is 0 Å². The van der Waals surface area contributed by atoms with Gasteiger partial charge in [-0.3, -0.25) is 4.79 Å². The number of thioether (sulfide) groups is 1. The van der Waals surface area contributed by atoms with E-state index in [2.05, 4.69) is 11.4 Å². The minimum Gasteiger partial charge on any atom is -0.481 e. The summed E-state index contributed by atoms with van der Waals surface area (Å²) in [6.45, 7) is 6.63. The second-order valence-corrected chi connectivity index (χ2v) is 6.87. The summed E-state index contributed by atoms with van der Waals surface area (Å²) in [6.07, 6.45) is 1.85. The highest BCUT2D eigenvalue weighted by Crippen LogP contribution is 2.18. The van der Waals surface area contributed by atoms with E-state index in [1.807, 2.05) is 45.0 Å². The Morgan fingerprint density at radius 1 is 1.29 bits per heavy atom. The first kappa shape index (κ1) is 18.5. The lowest BCUT2D eigenvalue weighted by atomic mass is 10.1. The molecule has 1 atom stereocenters. The van der Waals surface area contributed by atoms with Crippen LogP contribution in [0.15, 0.2) is 41.0 Å². The Hall–Kier alpha value is -1.88. The van der Waals surface area contributed by atoms with Crippen LogP contribution in [0.2, 0.25) is 0 Å². The van der Waals surface area contributed by atoms with Crippen molar-refractivity contribution in [3.8, 4) is 5.75 Å². The van der Waals surface area contributed by atoms with E-state index in [1.165, 1.54) is 0 Å². The topological polar surface area (TPSA) is 51.5 Å². The number of hydrogen-bond acceptors (Lipinski definition) is 4. The molecule has 0 aliphatic carbocycles. The van der Waals surface area contributed by atoms with Gasteiger partial charge in [0.05, 0.1) is 12.0 Å². The van der Waals surface area contributed by atoms with Crippen LogP contribution in [0.3, 0.4) is 0 Å². The van der Waals surface area contributed by atoms with Crippen molar-refractivity contribution >= 4 is 17.7 Å². The zero-order chi connectivity index (χ0) is 17.4. The summed E-state index contributed by atoms with van der Waals surface area (Å²) in [5, 5.41) is 2.95. The molecule has 0 fully saturated rings. The van der Waals surface area contributed by atoms with Gasteiger partial charge in [0.15, 0.2) is 6.10 Å². The monoisotopic (exact) mass is 347 g/mol. The van der Waals surface area contributed by atoms with Crippen LogP contribution in [-0.4, -0.2) is 24.3 Å². The van der Waals surface area contributed by atoms with Crippen molar-refractivity contribution in [2.75, 3.05) is 12.3 Å². The normalized spacial score (nSPS) is 12.0. The van der Waals surface area contributed by atoms with Gasteiger partial charge in [-0.2, -0.15) is 11.8 Å². The largest absolute Gasteiger partial charge is 0.481 e. The average molecular weight is 347 g/mol. The first-order valence-electron chi connectivity index (χ1n) is 8.21. The van der Waals surface area contributed by atoms with Gasteiger partial charge in [-0.15, -0.1) is 0 Å². The fourth-order valence-electron chi connectivity index (χ4n) is 2.42. The molecule has 1 amide bonds. The fourth-order valence-corrected chi connectivity index (χ4v) is 3.17. The van der Waals surface area contributed by atoms with Crippen LogP contribution < -0.4 is 10.1 Å². The maximum atomic E-state index is 12.3. The highest BCUT2D eigenvalue weighted by molar-refractivity contribution is 7.98. The summed E-state index contributed by atoms with van der Waals surface area (Å²) in [7, 11) is 0. The molecule has 0 unspecified atom stereocenters. The number of hydrogen-bond donors (Lipinski definition) is 1. The lowest BCUT2D eigenvalue weighted by Gasteiger charge is -2.18. The van der Waals surface area contributed by atoms with Gasteiger partial charge in [0.2, 0.25) is 0 Å². The number of rotatable bonds is 9. The second-order valence-electron chi connectivity index (χ2n) is 5.76. The van der Waals surface area contributed by atoms with E-state index < -0.39 is 6.10 Å². The molecule has 1 N–H and O–H groups in total. The molecule has 2 aromatic rings. The van der Waals surface area contributed by atoms with Crippen molar-refractivity contribution in [1.29, 1.82) is 0 Å². The lowest BCUT2D eigenvalue weighted by Crippen LogP contribution is -2.39. The molecule has 0 bridgehead atoms. The van der Waals surface area contributed by atoms with Crippen LogP contribution >= 0.6 is 11.8 Å². The molecule has 0 saturated heterocycles. The highest BCUT2D eigenvalue weighted by Gasteiger charge is 2.18. The average Bonchev–Trinajstić information content (AvgIpc) is 3.04. The number of benzene rings is 1. The molecule has 0 aliphatic heterocycles. The number of ether oxygens (including phenoxy) is 1. The number of nitrogens with one attached hydrogen (secondary N) is 1. The second kappa shape index (κ2) is 9.42.